The molecule has 2 fully saturated rings. The molecule has 24 heavy (non-hydrogen) atoms. The summed E-state index contributed by atoms with van der Waals surface area (Å²) in [5.74, 6) is 0.974. The van der Waals surface area contributed by atoms with E-state index in [0.29, 0.717) is 13.1 Å². The summed E-state index contributed by atoms with van der Waals surface area (Å²) in [5.41, 5.74) is 2.07. The highest BCUT2D eigenvalue weighted by Crippen LogP contribution is 2.37. The molecule has 3 rings (SSSR count). The maximum atomic E-state index is 13.4. The highest BCUT2D eigenvalue weighted by atomic mass is 19.1. The predicted octanol–water partition coefficient (Wildman–Crippen LogP) is 2.40. The number of amides is 1. The third kappa shape index (κ3) is 2.83. The monoisotopic (exact) mass is 332 g/mol. The van der Waals surface area contributed by atoms with Gasteiger partial charge in [-0.25, -0.2) is 14.2 Å². The Morgan fingerprint density at radius 2 is 2.17 bits per heavy atom. The van der Waals surface area contributed by atoms with Gasteiger partial charge in [0, 0.05) is 6.54 Å². The van der Waals surface area contributed by atoms with Crippen molar-refractivity contribution in [2.45, 2.75) is 32.2 Å². The molecule has 0 aromatic heterocycles. The van der Waals surface area contributed by atoms with Gasteiger partial charge in [-0.05, 0) is 49.4 Å². The summed E-state index contributed by atoms with van der Waals surface area (Å²) in [4.78, 5) is 30.9. The smallest absolute Gasteiger partial charge is 0.234 e. The number of hydrogen-bond donors (Lipinski definition) is 0. The van der Waals surface area contributed by atoms with E-state index >= 15 is 0 Å². The SMILES string of the molecule is CON1CC(C(=O)N2CCCCC2c2ccc(F)cc2C)C1=C=O. The van der Waals surface area contributed by atoms with E-state index < -0.39 is 5.92 Å². The lowest BCUT2D eigenvalue weighted by molar-refractivity contribution is -0.174. The molecule has 2 atom stereocenters. The number of aryl methyl sites for hydroxylation is 1. The third-order valence-electron chi connectivity index (χ3n) is 4.95. The Balaban J connectivity index is 1.85. The van der Waals surface area contributed by atoms with Crippen molar-refractivity contribution in [2.75, 3.05) is 20.2 Å². The first-order valence-electron chi connectivity index (χ1n) is 8.20. The number of nitrogens with zero attached hydrogens (tertiary/aromatic N) is 2. The molecule has 1 amide bonds. The van der Waals surface area contributed by atoms with Gasteiger partial charge in [-0.15, -0.1) is 0 Å². The molecule has 2 aliphatic rings. The van der Waals surface area contributed by atoms with Crippen LogP contribution in [0, 0.1) is 18.7 Å². The first-order valence-corrected chi connectivity index (χ1v) is 8.20. The van der Waals surface area contributed by atoms with Crippen molar-refractivity contribution in [3.63, 3.8) is 0 Å². The Hall–Kier alpha value is -2.17. The van der Waals surface area contributed by atoms with E-state index in [1.54, 1.807) is 6.07 Å². The van der Waals surface area contributed by atoms with Crippen LogP contribution in [-0.4, -0.2) is 42.0 Å². The summed E-state index contributed by atoms with van der Waals surface area (Å²) in [5, 5.41) is 1.39. The largest absolute Gasteiger partial charge is 0.335 e. The first-order chi connectivity index (χ1) is 11.6. The molecule has 2 aliphatic heterocycles. The van der Waals surface area contributed by atoms with Crippen molar-refractivity contribution >= 4 is 11.8 Å². The van der Waals surface area contributed by atoms with Crippen molar-refractivity contribution < 1.29 is 18.8 Å². The third-order valence-corrected chi connectivity index (χ3v) is 4.95. The number of likely N-dealkylation sites (tertiary alicyclic amines) is 1. The fourth-order valence-corrected chi connectivity index (χ4v) is 3.63. The van der Waals surface area contributed by atoms with E-state index in [2.05, 4.69) is 0 Å². The van der Waals surface area contributed by atoms with E-state index in [1.807, 2.05) is 17.8 Å². The first kappa shape index (κ1) is 16.7. The molecule has 1 aromatic carbocycles. The number of carbonyl (C=O) groups is 1. The second-order valence-electron chi connectivity index (χ2n) is 6.33. The second-order valence-corrected chi connectivity index (χ2v) is 6.33. The number of piperidine rings is 1. The molecular formula is C18H21FN2O3. The molecule has 0 spiro atoms. The fourth-order valence-electron chi connectivity index (χ4n) is 3.63. The number of carbonyl (C=O) groups excluding carboxylic acids is 2. The van der Waals surface area contributed by atoms with Crippen LogP contribution in [0.1, 0.15) is 36.4 Å². The summed E-state index contributed by atoms with van der Waals surface area (Å²) in [6.45, 7) is 2.88. The van der Waals surface area contributed by atoms with E-state index in [9.17, 15) is 14.0 Å². The Morgan fingerprint density at radius 3 is 2.83 bits per heavy atom. The number of hydroxylamine groups is 2. The van der Waals surface area contributed by atoms with E-state index in [-0.39, 0.29) is 23.5 Å². The highest BCUT2D eigenvalue weighted by molar-refractivity contribution is 5.86. The number of rotatable bonds is 3. The van der Waals surface area contributed by atoms with Crippen LogP contribution in [0.2, 0.25) is 0 Å². The van der Waals surface area contributed by atoms with E-state index in [1.165, 1.54) is 24.3 Å². The van der Waals surface area contributed by atoms with Crippen LogP contribution in [0.15, 0.2) is 23.9 Å². The minimum atomic E-state index is -0.496. The minimum Gasteiger partial charge on any atom is -0.335 e. The van der Waals surface area contributed by atoms with Gasteiger partial charge in [0.15, 0.2) is 0 Å². The molecule has 1 aromatic rings. The second kappa shape index (κ2) is 6.75. The summed E-state index contributed by atoms with van der Waals surface area (Å²) in [6, 6.07) is 4.63. The average molecular weight is 332 g/mol. The van der Waals surface area contributed by atoms with Crippen molar-refractivity contribution in [3.8, 4) is 0 Å². The summed E-state index contributed by atoms with van der Waals surface area (Å²) in [7, 11) is 1.46. The molecular weight excluding hydrogens is 311 g/mol. The molecule has 0 saturated carbocycles. The Kier molecular flexibility index (Phi) is 4.69. The van der Waals surface area contributed by atoms with Crippen molar-refractivity contribution in [1.82, 2.24) is 9.96 Å². The molecule has 0 bridgehead atoms. The number of benzene rings is 1. The summed E-state index contributed by atoms with van der Waals surface area (Å²) in [6.07, 6.45) is 2.80. The van der Waals surface area contributed by atoms with Crippen LogP contribution in [-0.2, 0) is 14.4 Å². The van der Waals surface area contributed by atoms with Gasteiger partial charge in [0.1, 0.15) is 23.4 Å². The normalized spacial score (nSPS) is 23.7. The lowest BCUT2D eigenvalue weighted by Crippen LogP contribution is -2.53. The highest BCUT2D eigenvalue weighted by Gasteiger charge is 2.44. The van der Waals surface area contributed by atoms with Gasteiger partial charge >= 0.3 is 0 Å². The van der Waals surface area contributed by atoms with Gasteiger partial charge in [0.2, 0.25) is 5.91 Å². The zero-order valence-corrected chi connectivity index (χ0v) is 13.9. The molecule has 128 valence electrons. The lowest BCUT2D eigenvalue weighted by Gasteiger charge is -2.44. The molecule has 5 nitrogen and oxygen atoms in total. The summed E-state index contributed by atoms with van der Waals surface area (Å²) >= 11 is 0. The maximum Gasteiger partial charge on any atom is 0.234 e. The van der Waals surface area contributed by atoms with Crippen molar-refractivity contribution in [3.05, 3.63) is 40.8 Å². The van der Waals surface area contributed by atoms with E-state index in [4.69, 9.17) is 4.84 Å². The van der Waals surface area contributed by atoms with Crippen LogP contribution in [0.5, 0.6) is 0 Å². The van der Waals surface area contributed by atoms with E-state index in [0.717, 1.165) is 30.4 Å². The van der Waals surface area contributed by atoms with Crippen LogP contribution in [0.4, 0.5) is 4.39 Å². The Labute approximate surface area is 140 Å². The van der Waals surface area contributed by atoms with Crippen molar-refractivity contribution in [1.29, 1.82) is 0 Å². The Morgan fingerprint density at radius 1 is 1.38 bits per heavy atom. The fraction of sp³-hybridized carbons (Fsp3) is 0.500. The number of halogens is 1. The van der Waals surface area contributed by atoms with Gasteiger partial charge < -0.3 is 4.90 Å². The van der Waals surface area contributed by atoms with Crippen LogP contribution >= 0.6 is 0 Å². The molecule has 0 N–H and O–H groups in total. The standard InChI is InChI=1S/C18H21FN2O3/c1-12-9-13(19)6-7-14(12)16-5-3-4-8-20(16)18(23)15-10-21(24-2)17(15)11-22/h6-7,9,15-16H,3-5,8,10H2,1-2H3. The predicted molar refractivity (Wildman–Crippen MR) is 85.9 cm³/mol. The van der Waals surface area contributed by atoms with Gasteiger partial charge in [0.05, 0.1) is 19.7 Å². The average Bonchev–Trinajstić information content (AvgIpc) is 2.55. The maximum absolute atomic E-state index is 13.4. The summed E-state index contributed by atoms with van der Waals surface area (Å²) < 4.78 is 13.4. The van der Waals surface area contributed by atoms with Gasteiger partial charge in [0.25, 0.3) is 0 Å². The quantitative estimate of drug-likeness (QED) is 0.798. The Bertz CT molecular complexity index is 700. The number of hydrogen-bond acceptors (Lipinski definition) is 4. The minimum absolute atomic E-state index is 0.0728. The van der Waals surface area contributed by atoms with Crippen LogP contribution in [0.3, 0.4) is 0 Å². The van der Waals surface area contributed by atoms with Gasteiger partial charge in [-0.1, -0.05) is 6.07 Å². The molecule has 2 heterocycles. The van der Waals surface area contributed by atoms with Gasteiger partial charge in [-0.3, -0.25) is 9.63 Å². The molecule has 2 saturated heterocycles. The van der Waals surface area contributed by atoms with Crippen LogP contribution in [0.25, 0.3) is 0 Å². The lowest BCUT2D eigenvalue weighted by atomic mass is 9.89. The zero-order valence-electron chi connectivity index (χ0n) is 13.9. The topological polar surface area (TPSA) is 49.9 Å². The van der Waals surface area contributed by atoms with Crippen LogP contribution < -0.4 is 0 Å². The molecule has 0 aliphatic carbocycles. The molecule has 6 heteroatoms. The van der Waals surface area contributed by atoms with Gasteiger partial charge in [-0.2, -0.15) is 0 Å². The molecule has 0 radical (unpaired) electrons. The van der Waals surface area contributed by atoms with Crippen molar-refractivity contribution in [2.24, 2.45) is 5.92 Å². The zero-order chi connectivity index (χ0) is 17.3. The molecule has 2 unspecified atom stereocenters.